The number of amides is 3. The first kappa shape index (κ1) is 18.3. The summed E-state index contributed by atoms with van der Waals surface area (Å²) < 4.78 is 0. The summed E-state index contributed by atoms with van der Waals surface area (Å²) in [5.41, 5.74) is 3.66. The zero-order valence-corrected chi connectivity index (χ0v) is 16.6. The Labute approximate surface area is 171 Å². The Kier molecular flexibility index (Phi) is 4.56. The molecule has 1 atom stereocenters. The lowest BCUT2D eigenvalue weighted by molar-refractivity contribution is -0.136. The molecular formula is C20H21N5O3S. The average molecular weight is 411 g/mol. The summed E-state index contributed by atoms with van der Waals surface area (Å²) in [7, 11) is 0. The van der Waals surface area contributed by atoms with E-state index in [1.54, 1.807) is 16.2 Å². The van der Waals surface area contributed by atoms with Gasteiger partial charge in [0.25, 0.3) is 5.91 Å². The number of carbonyl (C=O) groups is 3. The van der Waals surface area contributed by atoms with Gasteiger partial charge >= 0.3 is 0 Å². The molecule has 9 heteroatoms. The predicted octanol–water partition coefficient (Wildman–Crippen LogP) is 1.20. The van der Waals surface area contributed by atoms with Crippen LogP contribution in [0.4, 0.5) is 5.13 Å². The van der Waals surface area contributed by atoms with E-state index in [4.69, 9.17) is 0 Å². The molecule has 4 heterocycles. The van der Waals surface area contributed by atoms with E-state index in [0.29, 0.717) is 31.0 Å². The summed E-state index contributed by atoms with van der Waals surface area (Å²) in [5.74, 6) is -0.295. The highest BCUT2D eigenvalue weighted by Gasteiger charge is 2.39. The maximum Gasteiger partial charge on any atom is 0.255 e. The molecule has 2 fully saturated rings. The van der Waals surface area contributed by atoms with E-state index < -0.39 is 6.04 Å². The molecule has 29 heavy (non-hydrogen) atoms. The van der Waals surface area contributed by atoms with Gasteiger partial charge in [0.15, 0.2) is 5.13 Å². The quantitative estimate of drug-likeness (QED) is 0.639. The van der Waals surface area contributed by atoms with Crippen LogP contribution in [0.15, 0.2) is 23.6 Å². The van der Waals surface area contributed by atoms with Crippen molar-refractivity contribution >= 4 is 34.2 Å². The standard InChI is InChI=1S/C20H21N5O3S/c26-17-4-3-16(18(27)24-17)25-9-12-2-1-11(5-14(12)19(25)28)6-22-20-23-15(10-29-20)13-7-21-8-13/h1-2,5,10,13,16,21H,3-4,6-9H2,(H,22,23)(H,24,26,27). The highest BCUT2D eigenvalue weighted by atomic mass is 32.1. The minimum Gasteiger partial charge on any atom is -0.357 e. The van der Waals surface area contributed by atoms with Gasteiger partial charge in [-0.3, -0.25) is 19.7 Å². The first-order valence-corrected chi connectivity index (χ1v) is 10.6. The molecule has 5 rings (SSSR count). The predicted molar refractivity (Wildman–Crippen MR) is 108 cm³/mol. The molecule has 2 aromatic rings. The van der Waals surface area contributed by atoms with Crippen LogP contribution in [0.5, 0.6) is 0 Å². The van der Waals surface area contributed by atoms with Gasteiger partial charge < -0.3 is 15.5 Å². The second kappa shape index (κ2) is 7.23. The number of fused-ring (bicyclic) bond motifs is 1. The van der Waals surface area contributed by atoms with Gasteiger partial charge in [0.1, 0.15) is 6.04 Å². The summed E-state index contributed by atoms with van der Waals surface area (Å²) >= 11 is 1.59. The molecule has 3 amide bonds. The van der Waals surface area contributed by atoms with Crippen LogP contribution in [0.25, 0.3) is 0 Å². The van der Waals surface area contributed by atoms with Crippen LogP contribution in [-0.4, -0.2) is 46.7 Å². The van der Waals surface area contributed by atoms with Crippen molar-refractivity contribution in [2.45, 2.75) is 37.9 Å². The lowest BCUT2D eigenvalue weighted by Crippen LogP contribution is -2.52. The van der Waals surface area contributed by atoms with Crippen LogP contribution in [0, 0.1) is 0 Å². The van der Waals surface area contributed by atoms with Crippen molar-refractivity contribution < 1.29 is 14.4 Å². The number of benzene rings is 1. The van der Waals surface area contributed by atoms with Crippen LogP contribution >= 0.6 is 11.3 Å². The summed E-state index contributed by atoms with van der Waals surface area (Å²) in [6.07, 6.45) is 0.639. The minimum atomic E-state index is -0.580. The number of rotatable bonds is 5. The van der Waals surface area contributed by atoms with Crippen molar-refractivity contribution in [2.24, 2.45) is 0 Å². The fourth-order valence-corrected chi connectivity index (χ4v) is 4.73. The fraction of sp³-hybridized carbons (Fsp3) is 0.400. The van der Waals surface area contributed by atoms with E-state index in [9.17, 15) is 14.4 Å². The largest absolute Gasteiger partial charge is 0.357 e. The molecule has 0 spiro atoms. The van der Waals surface area contributed by atoms with Crippen molar-refractivity contribution in [2.75, 3.05) is 18.4 Å². The highest BCUT2D eigenvalue weighted by molar-refractivity contribution is 7.13. The lowest BCUT2D eigenvalue weighted by atomic mass is 10.0. The lowest BCUT2D eigenvalue weighted by Gasteiger charge is -2.29. The Morgan fingerprint density at radius 3 is 2.86 bits per heavy atom. The normalized spacial score (nSPS) is 21.7. The maximum atomic E-state index is 12.9. The highest BCUT2D eigenvalue weighted by Crippen LogP contribution is 2.29. The second-order valence-corrected chi connectivity index (χ2v) is 8.54. The number of aromatic nitrogens is 1. The van der Waals surface area contributed by atoms with Gasteiger partial charge in [-0.25, -0.2) is 4.98 Å². The Bertz CT molecular complexity index is 1000. The van der Waals surface area contributed by atoms with Crippen molar-refractivity contribution in [3.63, 3.8) is 0 Å². The molecule has 1 aromatic heterocycles. The first-order chi connectivity index (χ1) is 14.1. The number of piperidine rings is 1. The van der Waals surface area contributed by atoms with Crippen LogP contribution in [0.1, 0.15) is 45.9 Å². The number of hydrogen-bond donors (Lipinski definition) is 3. The number of hydrogen-bond acceptors (Lipinski definition) is 7. The molecule has 1 aromatic carbocycles. The van der Waals surface area contributed by atoms with Crippen molar-refractivity contribution in [1.29, 1.82) is 0 Å². The molecule has 0 saturated carbocycles. The Morgan fingerprint density at radius 1 is 1.24 bits per heavy atom. The SMILES string of the molecule is O=C1CCC(N2Cc3ccc(CNc4nc(C5CNC5)cs4)cc3C2=O)C(=O)N1. The van der Waals surface area contributed by atoms with Gasteiger partial charge in [0, 0.05) is 49.5 Å². The van der Waals surface area contributed by atoms with E-state index in [2.05, 4.69) is 26.3 Å². The van der Waals surface area contributed by atoms with Gasteiger partial charge in [0.05, 0.1) is 5.69 Å². The van der Waals surface area contributed by atoms with Crippen LogP contribution in [0.3, 0.4) is 0 Å². The average Bonchev–Trinajstić information content (AvgIpc) is 3.24. The molecule has 3 aliphatic heterocycles. The number of nitrogens with zero attached hydrogens (tertiary/aromatic N) is 2. The van der Waals surface area contributed by atoms with E-state index >= 15 is 0 Å². The third-order valence-electron chi connectivity index (χ3n) is 5.76. The Hall–Kier alpha value is -2.78. The van der Waals surface area contributed by atoms with Gasteiger partial charge in [0.2, 0.25) is 11.8 Å². The third kappa shape index (κ3) is 3.40. The number of carbonyl (C=O) groups excluding carboxylic acids is 3. The molecule has 1 unspecified atom stereocenters. The zero-order chi connectivity index (χ0) is 20.0. The smallest absolute Gasteiger partial charge is 0.255 e. The van der Waals surface area contributed by atoms with Crippen molar-refractivity contribution in [3.05, 3.63) is 46.0 Å². The van der Waals surface area contributed by atoms with E-state index in [1.165, 1.54) is 0 Å². The maximum absolute atomic E-state index is 12.9. The first-order valence-electron chi connectivity index (χ1n) is 9.75. The second-order valence-electron chi connectivity index (χ2n) is 7.68. The van der Waals surface area contributed by atoms with E-state index in [1.807, 2.05) is 18.2 Å². The molecule has 150 valence electrons. The number of nitrogens with one attached hydrogen (secondary N) is 3. The van der Waals surface area contributed by atoms with Gasteiger partial charge in [-0.2, -0.15) is 0 Å². The van der Waals surface area contributed by atoms with Gasteiger partial charge in [-0.05, 0) is 23.6 Å². The molecule has 2 saturated heterocycles. The van der Waals surface area contributed by atoms with Crippen molar-refractivity contribution in [1.82, 2.24) is 20.5 Å². The van der Waals surface area contributed by atoms with E-state index in [-0.39, 0.29) is 24.1 Å². The third-order valence-corrected chi connectivity index (χ3v) is 6.58. The summed E-state index contributed by atoms with van der Waals surface area (Å²) in [4.78, 5) is 42.6. The summed E-state index contributed by atoms with van der Waals surface area (Å²) in [6.45, 7) is 2.95. The van der Waals surface area contributed by atoms with Crippen molar-refractivity contribution in [3.8, 4) is 0 Å². The van der Waals surface area contributed by atoms with Crippen LogP contribution < -0.4 is 16.0 Å². The summed E-state index contributed by atoms with van der Waals surface area (Å²) in [6, 6.07) is 5.26. The molecule has 0 radical (unpaired) electrons. The minimum absolute atomic E-state index is 0.148. The number of thiazole rings is 1. The number of imide groups is 1. The van der Waals surface area contributed by atoms with E-state index in [0.717, 1.165) is 35.0 Å². The summed E-state index contributed by atoms with van der Waals surface area (Å²) in [5, 5.41) is 11.9. The van der Waals surface area contributed by atoms with Gasteiger partial charge in [-0.1, -0.05) is 12.1 Å². The van der Waals surface area contributed by atoms with Crippen LogP contribution in [0.2, 0.25) is 0 Å². The molecule has 8 nitrogen and oxygen atoms in total. The zero-order valence-electron chi connectivity index (χ0n) is 15.7. The molecule has 0 bridgehead atoms. The molecule has 3 N–H and O–H groups in total. The molecular weight excluding hydrogens is 390 g/mol. The number of anilines is 1. The van der Waals surface area contributed by atoms with Crippen LogP contribution in [-0.2, 0) is 22.7 Å². The molecule has 0 aliphatic carbocycles. The molecule has 3 aliphatic rings. The topological polar surface area (TPSA) is 103 Å². The Balaban J connectivity index is 1.26. The van der Waals surface area contributed by atoms with Gasteiger partial charge in [-0.15, -0.1) is 11.3 Å². The Morgan fingerprint density at radius 2 is 2.10 bits per heavy atom. The fourth-order valence-electron chi connectivity index (χ4n) is 3.94. The monoisotopic (exact) mass is 411 g/mol.